The van der Waals surface area contributed by atoms with Crippen LogP contribution in [0.2, 0.25) is 0 Å². The van der Waals surface area contributed by atoms with Crippen LogP contribution in [0.1, 0.15) is 33.8 Å². The first-order valence-corrected chi connectivity index (χ1v) is 5.45. The molecule has 3 heteroatoms. The molecule has 0 aliphatic heterocycles. The van der Waals surface area contributed by atoms with E-state index in [-0.39, 0.29) is 12.8 Å². The van der Waals surface area contributed by atoms with Crippen LogP contribution in [-0.4, -0.2) is 4.98 Å². The van der Waals surface area contributed by atoms with Crippen molar-refractivity contribution in [3.05, 3.63) is 23.8 Å². The topological polar surface area (TPSA) is 38.9 Å². The average Bonchev–Trinajstić information content (AvgIpc) is 2.41. The summed E-state index contributed by atoms with van der Waals surface area (Å²) in [4.78, 5) is 4.23. The lowest BCUT2D eigenvalue weighted by molar-refractivity contribution is 0.591. The van der Waals surface area contributed by atoms with Crippen molar-refractivity contribution < 1.29 is 0 Å². The summed E-state index contributed by atoms with van der Waals surface area (Å²) < 4.78 is 1.18. The third-order valence-electron chi connectivity index (χ3n) is 2.27. The van der Waals surface area contributed by atoms with E-state index in [1.54, 1.807) is 11.3 Å². The summed E-state index contributed by atoms with van der Waals surface area (Å²) in [6.45, 7) is 6.62. The molecule has 2 aromatic rings. The number of nitrogen functional groups attached to an aromatic ring is 1. The van der Waals surface area contributed by atoms with Gasteiger partial charge in [0.05, 0.1) is 10.2 Å². The van der Waals surface area contributed by atoms with Crippen molar-refractivity contribution in [1.29, 1.82) is 0 Å². The van der Waals surface area contributed by atoms with Gasteiger partial charge in [0, 0.05) is 0 Å². The van der Waals surface area contributed by atoms with Crippen LogP contribution in [0, 0.1) is 0 Å². The molecule has 0 saturated heterocycles. The summed E-state index contributed by atoms with van der Waals surface area (Å²) in [6, 6.07) is 6.35. The highest BCUT2D eigenvalue weighted by molar-refractivity contribution is 7.22. The van der Waals surface area contributed by atoms with Gasteiger partial charge in [-0.25, -0.2) is 4.98 Å². The molecular formula is C12H18N2S. The molecule has 1 heterocycles. The van der Waals surface area contributed by atoms with Crippen molar-refractivity contribution in [2.24, 2.45) is 0 Å². The Balaban J connectivity index is 0.00000112. The number of benzene rings is 1. The summed E-state index contributed by atoms with van der Waals surface area (Å²) in [6.07, 6.45) is 0. The second-order valence-corrected chi connectivity index (χ2v) is 5.55. The maximum atomic E-state index is 5.66. The molecule has 82 valence electrons. The van der Waals surface area contributed by atoms with Gasteiger partial charge < -0.3 is 5.73 Å². The molecule has 2 rings (SSSR count). The van der Waals surface area contributed by atoms with E-state index in [0.29, 0.717) is 5.13 Å². The largest absolute Gasteiger partial charge is 0.375 e. The molecule has 0 unspecified atom stereocenters. The Kier molecular flexibility index (Phi) is 3.05. The van der Waals surface area contributed by atoms with Gasteiger partial charge in [0.15, 0.2) is 5.13 Å². The van der Waals surface area contributed by atoms with E-state index in [9.17, 15) is 0 Å². The maximum Gasteiger partial charge on any atom is 0.181 e. The standard InChI is InChI=1S/C11H14N2S.CH4/c1-11(2,3)7-4-5-8-9(6-7)14-10(12)13-8;/h4-6H,1-3H3,(H2,12,13);1H4. The van der Waals surface area contributed by atoms with Crippen LogP contribution in [0.15, 0.2) is 18.2 Å². The van der Waals surface area contributed by atoms with Crippen LogP contribution in [0.25, 0.3) is 10.2 Å². The molecule has 1 aromatic carbocycles. The minimum atomic E-state index is 0. The molecule has 0 aliphatic rings. The molecule has 0 radical (unpaired) electrons. The first-order chi connectivity index (χ1) is 6.47. The number of aromatic nitrogens is 1. The van der Waals surface area contributed by atoms with Gasteiger partial charge in [0.1, 0.15) is 0 Å². The molecule has 2 N–H and O–H groups in total. The number of anilines is 1. The van der Waals surface area contributed by atoms with Crippen molar-refractivity contribution in [3.63, 3.8) is 0 Å². The van der Waals surface area contributed by atoms with Crippen molar-refractivity contribution in [2.45, 2.75) is 33.6 Å². The van der Waals surface area contributed by atoms with Gasteiger partial charge in [-0.2, -0.15) is 0 Å². The Morgan fingerprint density at radius 1 is 1.27 bits per heavy atom. The highest BCUT2D eigenvalue weighted by Gasteiger charge is 2.14. The monoisotopic (exact) mass is 222 g/mol. The molecule has 0 bridgehead atoms. The Bertz CT molecular complexity index is 466. The summed E-state index contributed by atoms with van der Waals surface area (Å²) in [7, 11) is 0. The molecule has 0 saturated carbocycles. The van der Waals surface area contributed by atoms with Crippen molar-refractivity contribution in [1.82, 2.24) is 4.98 Å². The lowest BCUT2D eigenvalue weighted by Crippen LogP contribution is -2.10. The fraction of sp³-hybridized carbons (Fsp3) is 0.417. The third-order valence-corrected chi connectivity index (χ3v) is 3.12. The van der Waals surface area contributed by atoms with Crippen LogP contribution in [0.4, 0.5) is 5.13 Å². The summed E-state index contributed by atoms with van der Waals surface area (Å²) >= 11 is 1.55. The molecule has 15 heavy (non-hydrogen) atoms. The van der Waals surface area contributed by atoms with Crippen molar-refractivity contribution in [3.8, 4) is 0 Å². The summed E-state index contributed by atoms with van der Waals surface area (Å²) in [5.41, 5.74) is 8.17. The van der Waals surface area contributed by atoms with Crippen molar-refractivity contribution >= 4 is 26.7 Å². The lowest BCUT2D eigenvalue weighted by atomic mass is 9.87. The molecule has 0 amide bonds. The number of nitrogens with zero attached hydrogens (tertiary/aromatic N) is 1. The highest BCUT2D eigenvalue weighted by atomic mass is 32.1. The Hall–Kier alpha value is -1.09. The van der Waals surface area contributed by atoms with E-state index in [4.69, 9.17) is 5.73 Å². The van der Waals surface area contributed by atoms with Gasteiger partial charge in [0.25, 0.3) is 0 Å². The first kappa shape index (κ1) is 12.0. The Morgan fingerprint density at radius 2 is 1.93 bits per heavy atom. The minimum Gasteiger partial charge on any atom is -0.375 e. The molecule has 0 atom stereocenters. The molecular weight excluding hydrogens is 204 g/mol. The number of rotatable bonds is 0. The second kappa shape index (κ2) is 3.81. The smallest absolute Gasteiger partial charge is 0.181 e. The number of fused-ring (bicyclic) bond motifs is 1. The van der Waals surface area contributed by atoms with E-state index in [1.807, 2.05) is 6.07 Å². The highest BCUT2D eigenvalue weighted by Crippen LogP contribution is 2.29. The minimum absolute atomic E-state index is 0. The zero-order valence-electron chi connectivity index (χ0n) is 8.66. The predicted octanol–water partition coefficient (Wildman–Crippen LogP) is 3.81. The number of thiazole rings is 1. The van der Waals surface area contributed by atoms with Gasteiger partial charge in [0.2, 0.25) is 0 Å². The fourth-order valence-corrected chi connectivity index (χ4v) is 2.18. The van der Waals surface area contributed by atoms with Gasteiger partial charge in [-0.05, 0) is 23.1 Å². The zero-order valence-corrected chi connectivity index (χ0v) is 9.48. The lowest BCUT2D eigenvalue weighted by Gasteiger charge is -2.18. The quantitative estimate of drug-likeness (QED) is 0.736. The summed E-state index contributed by atoms with van der Waals surface area (Å²) in [5.74, 6) is 0. The third kappa shape index (κ3) is 2.29. The number of hydrogen-bond donors (Lipinski definition) is 1. The van der Waals surface area contributed by atoms with Gasteiger partial charge >= 0.3 is 0 Å². The van der Waals surface area contributed by atoms with Gasteiger partial charge in [-0.15, -0.1) is 0 Å². The van der Waals surface area contributed by atoms with E-state index in [0.717, 1.165) is 5.52 Å². The van der Waals surface area contributed by atoms with E-state index >= 15 is 0 Å². The number of nitrogens with two attached hydrogens (primary N) is 1. The molecule has 2 nitrogen and oxygen atoms in total. The van der Waals surface area contributed by atoms with Crippen LogP contribution in [0.3, 0.4) is 0 Å². The number of hydrogen-bond acceptors (Lipinski definition) is 3. The van der Waals surface area contributed by atoms with Crippen LogP contribution >= 0.6 is 11.3 Å². The van der Waals surface area contributed by atoms with E-state index in [1.165, 1.54) is 10.3 Å². The Morgan fingerprint density at radius 3 is 2.53 bits per heavy atom. The zero-order chi connectivity index (χ0) is 10.3. The van der Waals surface area contributed by atoms with Crippen molar-refractivity contribution in [2.75, 3.05) is 5.73 Å². The fourth-order valence-electron chi connectivity index (χ4n) is 1.41. The Labute approximate surface area is 95.1 Å². The second-order valence-electron chi connectivity index (χ2n) is 4.48. The van der Waals surface area contributed by atoms with Crippen LogP contribution in [-0.2, 0) is 5.41 Å². The molecule has 0 fully saturated rings. The predicted molar refractivity (Wildman–Crippen MR) is 69.5 cm³/mol. The molecule has 0 spiro atoms. The average molecular weight is 222 g/mol. The normalized spacial score (nSPS) is 11.4. The van der Waals surface area contributed by atoms with E-state index in [2.05, 4.69) is 37.9 Å². The van der Waals surface area contributed by atoms with Crippen LogP contribution < -0.4 is 5.73 Å². The van der Waals surface area contributed by atoms with E-state index < -0.39 is 0 Å². The molecule has 0 aliphatic carbocycles. The van der Waals surface area contributed by atoms with Gasteiger partial charge in [-0.3, -0.25) is 0 Å². The summed E-state index contributed by atoms with van der Waals surface area (Å²) in [5, 5.41) is 0.644. The first-order valence-electron chi connectivity index (χ1n) is 4.63. The van der Waals surface area contributed by atoms with Crippen LogP contribution in [0.5, 0.6) is 0 Å². The van der Waals surface area contributed by atoms with Gasteiger partial charge in [-0.1, -0.05) is 45.6 Å². The maximum absolute atomic E-state index is 5.66. The molecule has 1 aromatic heterocycles. The SMILES string of the molecule is C.CC(C)(C)c1ccc2nc(N)sc2c1.